The Morgan fingerprint density at radius 2 is 1.25 bits per heavy atom. The highest BCUT2D eigenvalue weighted by atomic mass is 14.5. The van der Waals surface area contributed by atoms with Crippen LogP contribution in [0.5, 0.6) is 0 Å². The summed E-state index contributed by atoms with van der Waals surface area (Å²) in [7, 11) is 0. The van der Waals surface area contributed by atoms with Crippen LogP contribution >= 0.6 is 0 Å². The van der Waals surface area contributed by atoms with Crippen molar-refractivity contribution in [2.24, 2.45) is 0 Å². The molecule has 3 rings (SSSR count). The first kappa shape index (κ1) is 16.3. The van der Waals surface area contributed by atoms with E-state index in [-0.39, 0.29) is 0 Å². The number of nitrogens with two attached hydrogens (primary N) is 1. The van der Waals surface area contributed by atoms with Crippen molar-refractivity contribution in [1.29, 1.82) is 0 Å². The molecule has 1 nitrogen and oxygen atoms in total. The number of hydrogen-bond donors (Lipinski definition) is 1. The highest BCUT2D eigenvalue weighted by Gasteiger charge is 2.13. The zero-order chi connectivity index (χ0) is 16.8. The van der Waals surface area contributed by atoms with E-state index >= 15 is 0 Å². The lowest BCUT2D eigenvalue weighted by Gasteiger charge is -2.18. The van der Waals surface area contributed by atoms with E-state index in [1.807, 2.05) is 12.1 Å². The summed E-state index contributed by atoms with van der Waals surface area (Å²) in [6.45, 7) is 2.24. The van der Waals surface area contributed by atoms with Gasteiger partial charge in [0.1, 0.15) is 0 Å². The molecule has 1 atom stereocenters. The number of hydrogen-bond acceptors (Lipinski definition) is 1. The Morgan fingerprint density at radius 3 is 1.83 bits per heavy atom. The van der Waals surface area contributed by atoms with Gasteiger partial charge in [-0.25, -0.2) is 0 Å². The third kappa shape index (κ3) is 4.05. The standard InChI is InChI=1S/C23H25N/c1-2-6-23(21-13-15-22(24)16-14-21)20-11-9-19(10-12-20)17-18-7-4-3-5-8-18/h3-5,7-16,23H,2,6,17,24H2,1H3. The number of anilines is 1. The van der Waals surface area contributed by atoms with Crippen molar-refractivity contribution >= 4 is 5.69 Å². The van der Waals surface area contributed by atoms with Gasteiger partial charge in [0.05, 0.1) is 0 Å². The first-order valence-electron chi connectivity index (χ1n) is 8.74. The van der Waals surface area contributed by atoms with Gasteiger partial charge in [-0.2, -0.15) is 0 Å². The molecule has 2 N–H and O–H groups in total. The van der Waals surface area contributed by atoms with E-state index < -0.39 is 0 Å². The Labute approximate surface area is 145 Å². The molecule has 0 radical (unpaired) electrons. The Hall–Kier alpha value is -2.54. The van der Waals surface area contributed by atoms with Crippen LogP contribution in [-0.4, -0.2) is 0 Å². The zero-order valence-corrected chi connectivity index (χ0v) is 14.3. The van der Waals surface area contributed by atoms with Crippen LogP contribution in [-0.2, 0) is 6.42 Å². The molecule has 0 saturated heterocycles. The summed E-state index contributed by atoms with van der Waals surface area (Å²) in [6.07, 6.45) is 3.31. The first-order valence-corrected chi connectivity index (χ1v) is 8.74. The predicted molar refractivity (Wildman–Crippen MR) is 103 cm³/mol. The summed E-state index contributed by atoms with van der Waals surface area (Å²) in [4.78, 5) is 0. The molecule has 0 aliphatic rings. The van der Waals surface area contributed by atoms with Crippen LogP contribution in [0.15, 0.2) is 78.9 Å². The van der Waals surface area contributed by atoms with Crippen molar-refractivity contribution in [3.8, 4) is 0 Å². The van der Waals surface area contributed by atoms with E-state index in [9.17, 15) is 0 Å². The second-order valence-corrected chi connectivity index (χ2v) is 6.41. The van der Waals surface area contributed by atoms with Crippen molar-refractivity contribution in [1.82, 2.24) is 0 Å². The summed E-state index contributed by atoms with van der Waals surface area (Å²) in [6, 6.07) is 28.1. The lowest BCUT2D eigenvalue weighted by Crippen LogP contribution is -2.01. The van der Waals surface area contributed by atoms with Crippen molar-refractivity contribution in [2.75, 3.05) is 5.73 Å². The fraction of sp³-hybridized carbons (Fsp3) is 0.217. The molecule has 1 unspecified atom stereocenters. The van der Waals surface area contributed by atoms with Crippen LogP contribution in [0.1, 0.15) is 47.9 Å². The van der Waals surface area contributed by atoms with Crippen molar-refractivity contribution < 1.29 is 0 Å². The average Bonchev–Trinajstić information content (AvgIpc) is 2.62. The Bertz CT molecular complexity index is 742. The molecular weight excluding hydrogens is 290 g/mol. The highest BCUT2D eigenvalue weighted by molar-refractivity contribution is 5.43. The minimum atomic E-state index is 0.446. The van der Waals surface area contributed by atoms with Gasteiger partial charge in [-0.15, -0.1) is 0 Å². The van der Waals surface area contributed by atoms with Gasteiger partial charge in [-0.05, 0) is 47.2 Å². The summed E-state index contributed by atoms with van der Waals surface area (Å²) in [5, 5.41) is 0. The van der Waals surface area contributed by atoms with E-state index in [1.54, 1.807) is 0 Å². The quantitative estimate of drug-likeness (QED) is 0.572. The molecule has 1 heteroatoms. The Kier molecular flexibility index (Phi) is 5.32. The maximum absolute atomic E-state index is 5.83. The van der Waals surface area contributed by atoms with Crippen molar-refractivity contribution in [3.05, 3.63) is 101 Å². The van der Waals surface area contributed by atoms with Gasteiger partial charge in [-0.3, -0.25) is 0 Å². The molecule has 0 spiro atoms. The molecule has 3 aromatic rings. The molecule has 0 bridgehead atoms. The molecule has 0 aliphatic heterocycles. The SMILES string of the molecule is CCCC(c1ccc(N)cc1)c1ccc(Cc2ccccc2)cc1. The summed E-state index contributed by atoms with van der Waals surface area (Å²) < 4.78 is 0. The molecule has 0 aromatic heterocycles. The molecule has 0 amide bonds. The maximum atomic E-state index is 5.83. The monoisotopic (exact) mass is 315 g/mol. The van der Waals surface area contributed by atoms with Crippen LogP contribution in [0, 0.1) is 0 Å². The lowest BCUT2D eigenvalue weighted by molar-refractivity contribution is 0.698. The molecule has 0 saturated carbocycles. The Morgan fingerprint density at radius 1 is 0.708 bits per heavy atom. The fourth-order valence-electron chi connectivity index (χ4n) is 3.24. The van der Waals surface area contributed by atoms with Crippen LogP contribution in [0.2, 0.25) is 0 Å². The molecular formula is C23H25N. The highest BCUT2D eigenvalue weighted by Crippen LogP contribution is 2.30. The Balaban J connectivity index is 1.80. The van der Waals surface area contributed by atoms with Gasteiger partial charge in [0, 0.05) is 11.6 Å². The van der Waals surface area contributed by atoms with Crippen LogP contribution in [0.25, 0.3) is 0 Å². The maximum Gasteiger partial charge on any atom is 0.0314 e. The molecule has 3 aromatic carbocycles. The molecule has 24 heavy (non-hydrogen) atoms. The number of nitrogen functional groups attached to an aromatic ring is 1. The molecule has 0 fully saturated rings. The zero-order valence-electron chi connectivity index (χ0n) is 14.3. The summed E-state index contributed by atoms with van der Waals surface area (Å²) in [5.41, 5.74) is 12.1. The molecule has 0 aliphatic carbocycles. The second-order valence-electron chi connectivity index (χ2n) is 6.41. The van der Waals surface area contributed by atoms with Gasteiger partial charge in [0.25, 0.3) is 0 Å². The van der Waals surface area contributed by atoms with E-state index in [2.05, 4.69) is 73.7 Å². The number of rotatable bonds is 6. The van der Waals surface area contributed by atoms with Gasteiger partial charge in [-0.1, -0.05) is 80.1 Å². The number of benzene rings is 3. The first-order chi connectivity index (χ1) is 11.8. The minimum absolute atomic E-state index is 0.446. The average molecular weight is 315 g/mol. The normalized spacial score (nSPS) is 12.0. The van der Waals surface area contributed by atoms with E-state index in [1.165, 1.54) is 28.7 Å². The lowest BCUT2D eigenvalue weighted by atomic mass is 9.87. The largest absolute Gasteiger partial charge is 0.399 e. The second kappa shape index (κ2) is 7.83. The third-order valence-electron chi connectivity index (χ3n) is 4.55. The topological polar surface area (TPSA) is 26.0 Å². The van der Waals surface area contributed by atoms with Crippen LogP contribution < -0.4 is 5.73 Å². The predicted octanol–water partition coefficient (Wildman–Crippen LogP) is 5.79. The van der Waals surface area contributed by atoms with E-state index in [0.717, 1.165) is 18.5 Å². The van der Waals surface area contributed by atoms with Gasteiger partial charge in [0.15, 0.2) is 0 Å². The van der Waals surface area contributed by atoms with Crippen LogP contribution in [0.4, 0.5) is 5.69 Å². The van der Waals surface area contributed by atoms with E-state index in [0.29, 0.717) is 5.92 Å². The summed E-state index contributed by atoms with van der Waals surface area (Å²) >= 11 is 0. The van der Waals surface area contributed by atoms with Gasteiger partial charge < -0.3 is 5.73 Å². The summed E-state index contributed by atoms with van der Waals surface area (Å²) in [5.74, 6) is 0.446. The van der Waals surface area contributed by atoms with Crippen molar-refractivity contribution in [2.45, 2.75) is 32.1 Å². The molecule has 122 valence electrons. The van der Waals surface area contributed by atoms with Crippen molar-refractivity contribution in [3.63, 3.8) is 0 Å². The minimum Gasteiger partial charge on any atom is -0.399 e. The fourth-order valence-corrected chi connectivity index (χ4v) is 3.24. The van der Waals surface area contributed by atoms with E-state index in [4.69, 9.17) is 5.73 Å². The smallest absolute Gasteiger partial charge is 0.0314 e. The third-order valence-corrected chi connectivity index (χ3v) is 4.55. The van der Waals surface area contributed by atoms with Gasteiger partial charge in [0.2, 0.25) is 0 Å². The van der Waals surface area contributed by atoms with Crippen LogP contribution in [0.3, 0.4) is 0 Å². The molecule has 0 heterocycles. The van der Waals surface area contributed by atoms with Gasteiger partial charge >= 0.3 is 0 Å².